The second-order valence-corrected chi connectivity index (χ2v) is 4.72. The summed E-state index contributed by atoms with van der Waals surface area (Å²) in [5.41, 5.74) is -1.01. The number of likely N-dealkylation sites (tertiary alicyclic amines) is 1. The Balaban J connectivity index is 2.41. The van der Waals surface area contributed by atoms with Crippen LogP contribution >= 0.6 is 0 Å². The lowest BCUT2D eigenvalue weighted by Crippen LogP contribution is -2.28. The number of carbonyl (C=O) groups excluding carboxylic acids is 1. The van der Waals surface area contributed by atoms with Crippen molar-refractivity contribution in [2.75, 3.05) is 13.6 Å². The Morgan fingerprint density at radius 3 is 2.50 bits per heavy atom. The summed E-state index contributed by atoms with van der Waals surface area (Å²) in [6.07, 6.45) is -4.58. The van der Waals surface area contributed by atoms with E-state index in [0.717, 1.165) is 13.1 Å². The van der Waals surface area contributed by atoms with Crippen molar-refractivity contribution in [2.24, 2.45) is 13.0 Å². The normalized spacial score (nSPS) is 23.4. The molecule has 0 saturated carbocycles. The second-order valence-electron chi connectivity index (χ2n) is 4.72. The number of nitrogens with zero attached hydrogens (tertiary/aromatic N) is 3. The minimum absolute atomic E-state index is 0.0319. The van der Waals surface area contributed by atoms with Crippen LogP contribution in [0.2, 0.25) is 0 Å². The highest BCUT2D eigenvalue weighted by atomic mass is 19.4. The van der Waals surface area contributed by atoms with Crippen LogP contribution in [0.5, 0.6) is 0 Å². The Labute approximate surface area is 111 Å². The molecule has 0 bridgehead atoms. The quantitative estimate of drug-likeness (QED) is 0.814. The van der Waals surface area contributed by atoms with Crippen molar-refractivity contribution in [1.82, 2.24) is 14.7 Å². The number of halogens is 3. The van der Waals surface area contributed by atoms with E-state index in [1.54, 1.807) is 0 Å². The molecule has 2 rings (SSSR count). The zero-order chi connectivity index (χ0) is 15.2. The lowest BCUT2D eigenvalue weighted by atomic mass is 9.92. The third kappa shape index (κ3) is 2.23. The Kier molecular flexibility index (Phi) is 3.23. The molecular weight excluding hydrogens is 279 g/mol. The van der Waals surface area contributed by atoms with Gasteiger partial charge in [-0.05, 0) is 6.07 Å². The van der Waals surface area contributed by atoms with Crippen molar-refractivity contribution < 1.29 is 27.9 Å². The van der Waals surface area contributed by atoms with Gasteiger partial charge < -0.3 is 10.0 Å². The maximum Gasteiger partial charge on any atom is 0.433 e. The highest BCUT2D eigenvalue weighted by Gasteiger charge is 2.46. The molecule has 6 nitrogen and oxygen atoms in total. The second kappa shape index (κ2) is 4.50. The van der Waals surface area contributed by atoms with E-state index in [0.29, 0.717) is 4.68 Å². The van der Waals surface area contributed by atoms with Crippen LogP contribution in [-0.4, -0.2) is 45.3 Å². The molecule has 1 aromatic heterocycles. The highest BCUT2D eigenvalue weighted by Crippen LogP contribution is 2.36. The zero-order valence-electron chi connectivity index (χ0n) is 10.7. The molecule has 9 heteroatoms. The lowest BCUT2D eigenvalue weighted by Gasteiger charge is -2.09. The van der Waals surface area contributed by atoms with Gasteiger partial charge in [-0.1, -0.05) is 0 Å². The number of alkyl halides is 3. The minimum atomic E-state index is -4.58. The number of aryl methyl sites for hydroxylation is 1. The Bertz CT molecular complexity index is 567. The molecule has 1 fully saturated rings. The van der Waals surface area contributed by atoms with Gasteiger partial charge >= 0.3 is 12.1 Å². The van der Waals surface area contributed by atoms with Crippen molar-refractivity contribution in [3.63, 3.8) is 0 Å². The molecule has 1 aromatic rings. The van der Waals surface area contributed by atoms with Gasteiger partial charge in [0.15, 0.2) is 0 Å². The number of carboxylic acid groups (broad SMARTS) is 1. The predicted molar refractivity (Wildman–Crippen MR) is 59.7 cm³/mol. The van der Waals surface area contributed by atoms with E-state index in [9.17, 15) is 22.8 Å². The topological polar surface area (TPSA) is 75.4 Å². The van der Waals surface area contributed by atoms with Crippen LogP contribution in [-0.2, 0) is 22.8 Å². The number of carboxylic acids is 1. The smallest absolute Gasteiger partial charge is 0.433 e. The van der Waals surface area contributed by atoms with Crippen molar-refractivity contribution >= 4 is 11.9 Å². The van der Waals surface area contributed by atoms with Crippen LogP contribution in [0, 0.1) is 5.92 Å². The summed E-state index contributed by atoms with van der Waals surface area (Å²) in [7, 11) is 2.54. The van der Waals surface area contributed by atoms with Gasteiger partial charge in [0.2, 0.25) is 5.91 Å². The molecule has 1 amide bonds. The summed E-state index contributed by atoms with van der Waals surface area (Å²) in [6.45, 7) is 0.0319. The van der Waals surface area contributed by atoms with Crippen molar-refractivity contribution in [2.45, 2.75) is 12.1 Å². The van der Waals surface area contributed by atoms with Gasteiger partial charge in [-0.25, -0.2) is 0 Å². The molecule has 2 unspecified atom stereocenters. The number of carbonyl (C=O) groups is 2. The standard InChI is InChI=1S/C11H12F3N3O3/c1-16-4-5(8(9(16)18)10(19)20)6-3-7(11(12,13)14)17(2)15-6/h3,5,8H,4H2,1-2H3,(H,19,20). The number of rotatable bonds is 2. The van der Waals surface area contributed by atoms with E-state index >= 15 is 0 Å². The van der Waals surface area contributed by atoms with E-state index in [4.69, 9.17) is 5.11 Å². The first kappa shape index (κ1) is 14.4. The maximum atomic E-state index is 12.7. The van der Waals surface area contributed by atoms with E-state index in [1.165, 1.54) is 11.9 Å². The number of hydrogen-bond donors (Lipinski definition) is 1. The zero-order valence-corrected chi connectivity index (χ0v) is 10.7. The van der Waals surface area contributed by atoms with Crippen molar-refractivity contribution in [1.29, 1.82) is 0 Å². The Morgan fingerprint density at radius 2 is 2.05 bits per heavy atom. The third-order valence-corrected chi connectivity index (χ3v) is 3.35. The molecule has 1 aliphatic heterocycles. The molecule has 1 N–H and O–H groups in total. The summed E-state index contributed by atoms with van der Waals surface area (Å²) in [5, 5.41) is 12.8. The average Bonchev–Trinajstić information content (AvgIpc) is 2.80. The van der Waals surface area contributed by atoms with Crippen LogP contribution < -0.4 is 0 Å². The first-order valence-electron chi connectivity index (χ1n) is 5.72. The lowest BCUT2D eigenvalue weighted by molar-refractivity contribution is -0.147. The Morgan fingerprint density at radius 1 is 1.45 bits per heavy atom. The van der Waals surface area contributed by atoms with Gasteiger partial charge in [0.25, 0.3) is 0 Å². The van der Waals surface area contributed by atoms with Crippen molar-refractivity contribution in [3.05, 3.63) is 17.5 Å². The van der Waals surface area contributed by atoms with E-state index in [1.807, 2.05) is 0 Å². The number of hydrogen-bond acceptors (Lipinski definition) is 3. The molecule has 2 atom stereocenters. The van der Waals surface area contributed by atoms with Crippen LogP contribution in [0.4, 0.5) is 13.2 Å². The predicted octanol–water partition coefficient (Wildman–Crippen LogP) is 0.695. The Hall–Kier alpha value is -2.06. The summed E-state index contributed by atoms with van der Waals surface area (Å²) in [4.78, 5) is 24.0. The average molecular weight is 291 g/mol. The molecular formula is C11H12F3N3O3. The summed E-state index contributed by atoms with van der Waals surface area (Å²) >= 11 is 0. The molecule has 20 heavy (non-hydrogen) atoms. The summed E-state index contributed by atoms with van der Waals surface area (Å²) < 4.78 is 38.8. The van der Waals surface area contributed by atoms with Crippen LogP contribution in [0.25, 0.3) is 0 Å². The van der Waals surface area contributed by atoms with Crippen LogP contribution in [0.3, 0.4) is 0 Å². The molecule has 1 saturated heterocycles. The van der Waals surface area contributed by atoms with Gasteiger partial charge in [0, 0.05) is 26.6 Å². The van der Waals surface area contributed by atoms with E-state index < -0.39 is 35.6 Å². The first-order valence-corrected chi connectivity index (χ1v) is 5.72. The monoisotopic (exact) mass is 291 g/mol. The molecule has 0 aliphatic carbocycles. The third-order valence-electron chi connectivity index (χ3n) is 3.35. The number of aliphatic carboxylic acids is 1. The summed E-state index contributed by atoms with van der Waals surface area (Å²) in [5.74, 6) is -4.26. The molecule has 2 heterocycles. The molecule has 0 radical (unpaired) electrons. The molecule has 110 valence electrons. The van der Waals surface area contributed by atoms with Gasteiger partial charge in [-0.3, -0.25) is 14.3 Å². The van der Waals surface area contributed by atoms with E-state index in [2.05, 4.69) is 5.10 Å². The van der Waals surface area contributed by atoms with Gasteiger partial charge in [0.1, 0.15) is 11.6 Å². The SMILES string of the molecule is CN1CC(c2cc(C(F)(F)F)n(C)n2)C(C(=O)O)C1=O. The number of likely N-dealkylation sites (N-methyl/N-ethyl adjacent to an activating group) is 1. The number of amides is 1. The maximum absolute atomic E-state index is 12.7. The minimum Gasteiger partial charge on any atom is -0.481 e. The van der Waals surface area contributed by atoms with Gasteiger partial charge in [-0.15, -0.1) is 0 Å². The molecule has 0 aromatic carbocycles. The van der Waals surface area contributed by atoms with Crippen LogP contribution in [0.1, 0.15) is 17.3 Å². The largest absolute Gasteiger partial charge is 0.481 e. The van der Waals surface area contributed by atoms with Gasteiger partial charge in [-0.2, -0.15) is 18.3 Å². The fourth-order valence-electron chi connectivity index (χ4n) is 2.38. The first-order chi connectivity index (χ1) is 9.12. The molecule has 0 spiro atoms. The number of aromatic nitrogens is 2. The fraction of sp³-hybridized carbons (Fsp3) is 0.545. The van der Waals surface area contributed by atoms with Gasteiger partial charge in [0.05, 0.1) is 5.69 Å². The highest BCUT2D eigenvalue weighted by molar-refractivity contribution is 5.99. The molecule has 1 aliphatic rings. The fourth-order valence-corrected chi connectivity index (χ4v) is 2.38. The van der Waals surface area contributed by atoms with E-state index in [-0.39, 0.29) is 12.2 Å². The van der Waals surface area contributed by atoms with Crippen LogP contribution in [0.15, 0.2) is 6.07 Å². The summed E-state index contributed by atoms with van der Waals surface area (Å²) in [6, 6.07) is 0.799. The van der Waals surface area contributed by atoms with Crippen molar-refractivity contribution in [3.8, 4) is 0 Å².